The summed E-state index contributed by atoms with van der Waals surface area (Å²) in [5.41, 5.74) is -0.414. The van der Waals surface area contributed by atoms with E-state index in [4.69, 9.17) is 16.3 Å². The first-order chi connectivity index (χ1) is 13.7. The zero-order valence-electron chi connectivity index (χ0n) is 15.8. The van der Waals surface area contributed by atoms with Gasteiger partial charge in [-0.25, -0.2) is 4.98 Å². The Morgan fingerprint density at radius 3 is 2.59 bits per heavy atom. The molecule has 1 aliphatic rings. The number of benzene rings is 1. The maximum atomic E-state index is 13.5. The average Bonchev–Trinajstić information content (AvgIpc) is 3.14. The minimum Gasteiger partial charge on any atom is -0.381 e. The highest BCUT2D eigenvalue weighted by atomic mass is 35.5. The second-order valence-corrected chi connectivity index (χ2v) is 8.33. The van der Waals surface area contributed by atoms with Crippen molar-refractivity contribution in [2.75, 3.05) is 31.7 Å². The van der Waals surface area contributed by atoms with Crippen molar-refractivity contribution in [2.45, 2.75) is 25.6 Å². The first-order valence-corrected chi connectivity index (χ1v) is 10.3. The minimum absolute atomic E-state index is 0.0957. The van der Waals surface area contributed by atoms with Crippen LogP contribution in [-0.2, 0) is 17.5 Å². The number of halogens is 4. The Hall–Kier alpha value is -1.84. The van der Waals surface area contributed by atoms with Crippen LogP contribution in [0.25, 0.3) is 0 Å². The Labute approximate surface area is 175 Å². The van der Waals surface area contributed by atoms with Gasteiger partial charge in [0.25, 0.3) is 5.91 Å². The number of thiazole rings is 1. The molecular weight excluding hydrogens is 427 g/mol. The van der Waals surface area contributed by atoms with Crippen LogP contribution in [0, 0.1) is 5.92 Å². The highest BCUT2D eigenvalue weighted by molar-refractivity contribution is 7.17. The van der Waals surface area contributed by atoms with Crippen LogP contribution in [0.3, 0.4) is 0 Å². The van der Waals surface area contributed by atoms with E-state index in [0.29, 0.717) is 30.7 Å². The van der Waals surface area contributed by atoms with Crippen LogP contribution in [0.1, 0.15) is 33.8 Å². The van der Waals surface area contributed by atoms with Gasteiger partial charge in [0.1, 0.15) is 4.88 Å². The summed E-state index contributed by atoms with van der Waals surface area (Å²) in [5, 5.41) is 3.26. The number of nitrogens with zero attached hydrogens (tertiary/aromatic N) is 2. The van der Waals surface area contributed by atoms with Crippen molar-refractivity contribution in [3.8, 4) is 0 Å². The largest absolute Gasteiger partial charge is 0.435 e. The molecule has 0 atom stereocenters. The van der Waals surface area contributed by atoms with Gasteiger partial charge in [-0.15, -0.1) is 0 Å². The zero-order valence-corrected chi connectivity index (χ0v) is 17.3. The summed E-state index contributed by atoms with van der Waals surface area (Å²) >= 11 is 6.57. The second-order valence-electron chi connectivity index (χ2n) is 6.92. The van der Waals surface area contributed by atoms with Crippen molar-refractivity contribution in [1.82, 2.24) is 10.3 Å². The van der Waals surface area contributed by atoms with E-state index in [1.165, 1.54) is 0 Å². The van der Waals surface area contributed by atoms with Gasteiger partial charge >= 0.3 is 6.18 Å². The van der Waals surface area contributed by atoms with E-state index in [9.17, 15) is 18.0 Å². The molecule has 0 aliphatic carbocycles. The number of carbonyl (C=O) groups is 1. The smallest absolute Gasteiger partial charge is 0.381 e. The second kappa shape index (κ2) is 9.32. The maximum Gasteiger partial charge on any atom is 0.435 e. The molecule has 1 aromatic carbocycles. The molecule has 0 spiro atoms. The van der Waals surface area contributed by atoms with E-state index in [0.717, 1.165) is 29.7 Å². The molecular formula is C19H21ClF3N3O2S. The van der Waals surface area contributed by atoms with Crippen molar-refractivity contribution in [3.05, 3.63) is 45.4 Å². The van der Waals surface area contributed by atoms with Crippen LogP contribution in [0.15, 0.2) is 24.3 Å². The molecule has 1 N–H and O–H groups in total. The lowest BCUT2D eigenvalue weighted by Gasteiger charge is -2.26. The molecule has 1 saturated heterocycles. The summed E-state index contributed by atoms with van der Waals surface area (Å²) in [4.78, 5) is 17.5. The van der Waals surface area contributed by atoms with E-state index in [1.54, 1.807) is 36.2 Å². The number of carbonyl (C=O) groups excluding carboxylic acids is 1. The molecule has 1 aromatic heterocycles. The summed E-state index contributed by atoms with van der Waals surface area (Å²) in [6.45, 7) is 1.98. The van der Waals surface area contributed by atoms with Crippen LogP contribution in [0.5, 0.6) is 0 Å². The standard InChI is InChI=1S/C19H21ClF3N3O2S/c1-26(11-13-6-8-28-9-7-13)18-25-16(19(21,22)23)15(29-18)17(27)24-10-12-2-4-14(20)5-3-12/h2-5,13H,6-11H2,1H3,(H,24,27). The van der Waals surface area contributed by atoms with Gasteiger partial charge in [0, 0.05) is 38.4 Å². The fourth-order valence-corrected chi connectivity index (χ4v) is 4.18. The normalized spacial score (nSPS) is 15.3. The molecule has 2 heterocycles. The van der Waals surface area contributed by atoms with Gasteiger partial charge in [-0.1, -0.05) is 35.1 Å². The summed E-state index contributed by atoms with van der Waals surface area (Å²) < 4.78 is 45.7. The van der Waals surface area contributed by atoms with Crippen molar-refractivity contribution in [2.24, 2.45) is 5.92 Å². The molecule has 3 rings (SSSR count). The van der Waals surface area contributed by atoms with Crippen LogP contribution in [0.4, 0.5) is 18.3 Å². The number of ether oxygens (including phenoxy) is 1. The van der Waals surface area contributed by atoms with Gasteiger partial charge < -0.3 is 15.0 Å². The average molecular weight is 448 g/mol. The van der Waals surface area contributed by atoms with E-state index in [2.05, 4.69) is 10.3 Å². The molecule has 2 aromatic rings. The predicted molar refractivity (Wildman–Crippen MR) is 107 cm³/mol. The lowest BCUT2D eigenvalue weighted by Crippen LogP contribution is -2.29. The van der Waals surface area contributed by atoms with Gasteiger partial charge in [0.15, 0.2) is 10.8 Å². The van der Waals surface area contributed by atoms with Crippen molar-refractivity contribution in [1.29, 1.82) is 0 Å². The molecule has 0 saturated carbocycles. The Kier molecular flexibility index (Phi) is 7.02. The lowest BCUT2D eigenvalue weighted by molar-refractivity contribution is -0.141. The van der Waals surface area contributed by atoms with Gasteiger partial charge in [0.2, 0.25) is 0 Å². The Bertz CT molecular complexity index is 836. The number of rotatable bonds is 6. The molecule has 1 fully saturated rings. The minimum atomic E-state index is -4.71. The van der Waals surface area contributed by atoms with Crippen LogP contribution < -0.4 is 10.2 Å². The number of anilines is 1. The number of nitrogens with one attached hydrogen (secondary N) is 1. The first kappa shape index (κ1) is 21.9. The van der Waals surface area contributed by atoms with Crippen molar-refractivity contribution < 1.29 is 22.7 Å². The van der Waals surface area contributed by atoms with E-state index < -0.39 is 22.7 Å². The summed E-state index contributed by atoms with van der Waals surface area (Å²) in [6, 6.07) is 6.71. The molecule has 1 amide bonds. The van der Waals surface area contributed by atoms with E-state index in [1.807, 2.05) is 0 Å². The number of amides is 1. The molecule has 29 heavy (non-hydrogen) atoms. The predicted octanol–water partition coefficient (Wildman–Crippen LogP) is 4.61. The molecule has 158 valence electrons. The number of hydrogen-bond donors (Lipinski definition) is 1. The third-order valence-corrected chi connectivity index (χ3v) is 6.08. The highest BCUT2D eigenvalue weighted by Crippen LogP contribution is 2.37. The topological polar surface area (TPSA) is 54.5 Å². The quantitative estimate of drug-likeness (QED) is 0.702. The molecule has 1 aliphatic heterocycles. The third kappa shape index (κ3) is 5.83. The number of alkyl halides is 3. The third-order valence-electron chi connectivity index (χ3n) is 4.66. The van der Waals surface area contributed by atoms with Gasteiger partial charge in [0.05, 0.1) is 0 Å². The molecule has 0 radical (unpaired) electrons. The van der Waals surface area contributed by atoms with Gasteiger partial charge in [-0.3, -0.25) is 4.79 Å². The van der Waals surface area contributed by atoms with Crippen LogP contribution in [-0.4, -0.2) is 37.7 Å². The molecule has 0 unspecified atom stereocenters. The first-order valence-electron chi connectivity index (χ1n) is 9.13. The molecule has 0 bridgehead atoms. The summed E-state index contributed by atoms with van der Waals surface area (Å²) in [6.07, 6.45) is -2.99. The number of hydrogen-bond acceptors (Lipinski definition) is 5. The molecule has 5 nitrogen and oxygen atoms in total. The fraction of sp³-hybridized carbons (Fsp3) is 0.474. The van der Waals surface area contributed by atoms with E-state index in [-0.39, 0.29) is 11.7 Å². The van der Waals surface area contributed by atoms with Crippen LogP contribution >= 0.6 is 22.9 Å². The summed E-state index contributed by atoms with van der Waals surface area (Å²) in [7, 11) is 1.70. The van der Waals surface area contributed by atoms with Crippen molar-refractivity contribution in [3.63, 3.8) is 0 Å². The fourth-order valence-electron chi connectivity index (χ4n) is 3.08. The Balaban J connectivity index is 1.73. The van der Waals surface area contributed by atoms with E-state index >= 15 is 0 Å². The highest BCUT2D eigenvalue weighted by Gasteiger charge is 2.40. The monoisotopic (exact) mass is 447 g/mol. The summed E-state index contributed by atoms with van der Waals surface area (Å²) in [5.74, 6) is -0.468. The van der Waals surface area contributed by atoms with Gasteiger partial charge in [-0.05, 0) is 36.5 Å². The Morgan fingerprint density at radius 2 is 1.97 bits per heavy atom. The Morgan fingerprint density at radius 1 is 1.31 bits per heavy atom. The SMILES string of the molecule is CN(CC1CCOCC1)c1nc(C(F)(F)F)c(C(=O)NCc2ccc(Cl)cc2)s1. The van der Waals surface area contributed by atoms with Gasteiger partial charge in [-0.2, -0.15) is 13.2 Å². The zero-order chi connectivity index (χ0) is 21.0. The maximum absolute atomic E-state index is 13.5. The molecule has 10 heteroatoms. The lowest BCUT2D eigenvalue weighted by atomic mass is 10.0. The van der Waals surface area contributed by atoms with Crippen LogP contribution in [0.2, 0.25) is 5.02 Å². The van der Waals surface area contributed by atoms with Crippen molar-refractivity contribution >= 4 is 34.0 Å². The number of aromatic nitrogens is 1.